The molecular formula is C19H16ClN9. The van der Waals surface area contributed by atoms with Crippen LogP contribution in [0.25, 0.3) is 16.9 Å². The monoisotopic (exact) mass is 405 g/mol. The van der Waals surface area contributed by atoms with Crippen LogP contribution >= 0.6 is 11.6 Å². The van der Waals surface area contributed by atoms with E-state index in [9.17, 15) is 5.26 Å². The average molecular weight is 406 g/mol. The topological polar surface area (TPSA) is 110 Å². The van der Waals surface area contributed by atoms with Gasteiger partial charge in [0.05, 0.1) is 65.4 Å². The molecule has 4 aromatic heterocycles. The maximum atomic E-state index is 9.44. The smallest absolute Gasteiger partial charge is 0.227 e. The minimum Gasteiger partial charge on any atom is -0.322 e. The molecule has 144 valence electrons. The minimum absolute atomic E-state index is 0.302. The summed E-state index contributed by atoms with van der Waals surface area (Å²) < 4.78 is 3.45. The molecule has 0 bridgehead atoms. The number of fused-ring (bicyclic) bond motifs is 1. The van der Waals surface area contributed by atoms with Crippen molar-refractivity contribution in [2.45, 2.75) is 25.8 Å². The first-order valence-electron chi connectivity index (χ1n) is 9.17. The van der Waals surface area contributed by atoms with Gasteiger partial charge in [-0.15, -0.1) is 0 Å². The fraction of sp³-hybridized carbons (Fsp3) is 0.263. The lowest BCUT2D eigenvalue weighted by molar-refractivity contribution is 0.174. The van der Waals surface area contributed by atoms with Gasteiger partial charge in [0, 0.05) is 17.8 Å². The van der Waals surface area contributed by atoms with Gasteiger partial charge in [0.2, 0.25) is 5.95 Å². The summed E-state index contributed by atoms with van der Waals surface area (Å²) >= 11 is 6.34. The summed E-state index contributed by atoms with van der Waals surface area (Å²) in [5.41, 5.74) is 2.49. The molecule has 4 aromatic rings. The third-order valence-corrected chi connectivity index (χ3v) is 5.44. The normalized spacial score (nSPS) is 15.0. The largest absolute Gasteiger partial charge is 0.322 e. The fourth-order valence-corrected chi connectivity index (χ4v) is 3.62. The maximum Gasteiger partial charge on any atom is 0.227 e. The number of hydrogen-bond donors (Lipinski definition) is 1. The highest BCUT2D eigenvalue weighted by Gasteiger charge is 2.37. The van der Waals surface area contributed by atoms with Crippen LogP contribution in [-0.4, -0.2) is 34.3 Å². The lowest BCUT2D eigenvalue weighted by atomic mass is 9.70. The molecule has 10 heteroatoms. The third-order valence-electron chi connectivity index (χ3n) is 5.17. The van der Waals surface area contributed by atoms with Gasteiger partial charge in [-0.05, 0) is 12.8 Å². The van der Waals surface area contributed by atoms with E-state index in [0.717, 1.165) is 30.5 Å². The average Bonchev–Trinajstić information content (AvgIpc) is 3.35. The predicted octanol–water partition coefficient (Wildman–Crippen LogP) is 3.47. The molecular weight excluding hydrogens is 390 g/mol. The Morgan fingerprint density at radius 1 is 1.17 bits per heavy atom. The van der Waals surface area contributed by atoms with Gasteiger partial charge in [-0.3, -0.25) is 4.68 Å². The second-order valence-corrected chi connectivity index (χ2v) is 7.57. The maximum absolute atomic E-state index is 9.44. The van der Waals surface area contributed by atoms with Crippen molar-refractivity contribution in [3.05, 3.63) is 48.3 Å². The first-order chi connectivity index (χ1) is 14.1. The van der Waals surface area contributed by atoms with Gasteiger partial charge in [-0.2, -0.15) is 15.5 Å². The van der Waals surface area contributed by atoms with Crippen molar-refractivity contribution in [3.63, 3.8) is 0 Å². The van der Waals surface area contributed by atoms with Crippen LogP contribution in [0.3, 0.4) is 0 Å². The standard InChI is InChI=1S/C19H16ClN9/c20-15-8-23-18(26-14-7-22-16-2-5-24-29(16)10-14)27-17(15)13-6-25-28(9-13)12-19(11-21)3-1-4-19/h2,5-10H,1,3-4,12H2,(H,23,26,27). The number of rotatable bonds is 5. The molecule has 9 nitrogen and oxygen atoms in total. The molecule has 0 atom stereocenters. The summed E-state index contributed by atoms with van der Waals surface area (Å²) in [6.07, 6.45) is 13.2. The number of nitrogens with one attached hydrogen (secondary N) is 1. The summed E-state index contributed by atoms with van der Waals surface area (Å²) in [5.74, 6) is 0.387. The number of nitrogens with zero attached hydrogens (tertiary/aromatic N) is 8. The van der Waals surface area contributed by atoms with Crippen molar-refractivity contribution in [3.8, 4) is 17.3 Å². The van der Waals surface area contributed by atoms with Crippen LogP contribution in [0.5, 0.6) is 0 Å². The van der Waals surface area contributed by atoms with Gasteiger partial charge in [0.15, 0.2) is 5.65 Å². The molecule has 1 fully saturated rings. The van der Waals surface area contributed by atoms with Crippen molar-refractivity contribution in [2.24, 2.45) is 5.41 Å². The second-order valence-electron chi connectivity index (χ2n) is 7.16. The van der Waals surface area contributed by atoms with Crippen LogP contribution in [0.2, 0.25) is 5.02 Å². The van der Waals surface area contributed by atoms with Gasteiger partial charge in [-0.1, -0.05) is 18.0 Å². The number of anilines is 2. The van der Waals surface area contributed by atoms with E-state index >= 15 is 0 Å². The number of hydrogen-bond acceptors (Lipinski definition) is 7. The number of halogens is 1. The zero-order valence-electron chi connectivity index (χ0n) is 15.3. The molecule has 1 saturated carbocycles. The van der Waals surface area contributed by atoms with Crippen LogP contribution in [0.15, 0.2) is 43.2 Å². The summed E-state index contributed by atoms with van der Waals surface area (Å²) in [6.45, 7) is 0.576. The number of aromatic nitrogens is 7. The van der Waals surface area contributed by atoms with Crippen LogP contribution in [0.4, 0.5) is 11.6 Å². The van der Waals surface area contributed by atoms with Crippen LogP contribution < -0.4 is 5.32 Å². The van der Waals surface area contributed by atoms with Crippen molar-refractivity contribution in [1.29, 1.82) is 5.26 Å². The van der Waals surface area contributed by atoms with Gasteiger partial charge in [-0.25, -0.2) is 19.5 Å². The zero-order valence-corrected chi connectivity index (χ0v) is 16.1. The quantitative estimate of drug-likeness (QED) is 0.541. The first kappa shape index (κ1) is 17.6. The van der Waals surface area contributed by atoms with Gasteiger partial charge in [0.25, 0.3) is 0 Å². The molecule has 1 aliphatic rings. The predicted molar refractivity (Wildman–Crippen MR) is 106 cm³/mol. The van der Waals surface area contributed by atoms with E-state index in [1.165, 1.54) is 0 Å². The summed E-state index contributed by atoms with van der Waals surface area (Å²) in [6, 6.07) is 4.25. The van der Waals surface area contributed by atoms with Crippen molar-refractivity contribution < 1.29 is 0 Å². The molecule has 0 amide bonds. The van der Waals surface area contributed by atoms with Crippen LogP contribution in [0.1, 0.15) is 19.3 Å². The summed E-state index contributed by atoms with van der Waals surface area (Å²) in [4.78, 5) is 13.1. The van der Waals surface area contributed by atoms with E-state index in [4.69, 9.17) is 11.6 Å². The summed E-state index contributed by atoms with van der Waals surface area (Å²) in [5, 5.41) is 21.6. The lowest BCUT2D eigenvalue weighted by Crippen LogP contribution is -2.32. The Morgan fingerprint density at radius 3 is 2.86 bits per heavy atom. The molecule has 0 radical (unpaired) electrons. The summed E-state index contributed by atoms with van der Waals surface area (Å²) in [7, 11) is 0. The Balaban J connectivity index is 1.40. The van der Waals surface area contributed by atoms with E-state index < -0.39 is 0 Å². The molecule has 0 spiro atoms. The molecule has 5 rings (SSSR count). The van der Waals surface area contributed by atoms with Crippen LogP contribution in [0, 0.1) is 16.7 Å². The molecule has 0 aliphatic heterocycles. The van der Waals surface area contributed by atoms with Gasteiger partial charge < -0.3 is 5.32 Å². The molecule has 1 aliphatic carbocycles. The molecule has 0 unspecified atom stereocenters. The molecule has 0 saturated heterocycles. The van der Waals surface area contributed by atoms with E-state index in [0.29, 0.717) is 28.9 Å². The Bertz CT molecular complexity index is 1230. The number of nitriles is 1. The third kappa shape index (κ3) is 3.28. The Hall–Kier alpha value is -3.51. The van der Waals surface area contributed by atoms with Gasteiger partial charge in [0.1, 0.15) is 0 Å². The second kappa shape index (κ2) is 6.83. The van der Waals surface area contributed by atoms with Crippen molar-refractivity contribution in [2.75, 3.05) is 5.32 Å². The van der Waals surface area contributed by atoms with Crippen LogP contribution in [-0.2, 0) is 6.54 Å². The van der Waals surface area contributed by atoms with Gasteiger partial charge >= 0.3 is 0 Å². The Labute approximate surface area is 171 Å². The molecule has 29 heavy (non-hydrogen) atoms. The van der Waals surface area contributed by atoms with Crippen molar-refractivity contribution >= 4 is 28.9 Å². The van der Waals surface area contributed by atoms with E-state index in [-0.39, 0.29) is 5.41 Å². The zero-order chi connectivity index (χ0) is 19.8. The van der Waals surface area contributed by atoms with E-state index in [2.05, 4.69) is 36.5 Å². The Kier molecular flexibility index (Phi) is 4.14. The lowest BCUT2D eigenvalue weighted by Gasteiger charge is -2.34. The van der Waals surface area contributed by atoms with E-state index in [1.807, 2.05) is 12.3 Å². The fourth-order valence-electron chi connectivity index (χ4n) is 3.42. The highest BCUT2D eigenvalue weighted by atomic mass is 35.5. The minimum atomic E-state index is -0.302. The molecule has 0 aromatic carbocycles. The molecule has 4 heterocycles. The highest BCUT2D eigenvalue weighted by Crippen LogP contribution is 2.41. The Morgan fingerprint density at radius 2 is 2.07 bits per heavy atom. The SMILES string of the molecule is N#CC1(Cn2cc(-c3nc(Nc4cnc5ccnn5c4)ncc3Cl)cn2)CCC1. The van der Waals surface area contributed by atoms with E-state index in [1.54, 1.807) is 40.2 Å². The molecule has 1 N–H and O–H groups in total. The first-order valence-corrected chi connectivity index (χ1v) is 9.55. The van der Waals surface area contributed by atoms with Crippen molar-refractivity contribution in [1.82, 2.24) is 34.3 Å². The highest BCUT2D eigenvalue weighted by molar-refractivity contribution is 6.32.